The minimum absolute atomic E-state index is 0. The Morgan fingerprint density at radius 3 is 1.67 bits per heavy atom. The van der Waals surface area contributed by atoms with E-state index in [1.165, 1.54) is 18.2 Å². The number of phenols is 1. The number of benzene rings is 5. The highest BCUT2D eigenvalue weighted by molar-refractivity contribution is 6.33. The fraction of sp³-hybridized carbons (Fsp3) is 0.0909. The lowest BCUT2D eigenvalue weighted by atomic mass is 10.2. The second-order valence-electron chi connectivity index (χ2n) is 8.94. The Kier molecular flexibility index (Phi) is 13.8. The van der Waals surface area contributed by atoms with E-state index < -0.39 is 0 Å². The minimum Gasteiger partial charge on any atom is -0.508 e. The first-order valence-corrected chi connectivity index (χ1v) is 14.0. The third kappa shape index (κ3) is 12.0. The first-order chi connectivity index (χ1) is 20.7. The molecule has 43 heavy (non-hydrogen) atoms. The third-order valence-corrected chi connectivity index (χ3v) is 6.73. The van der Waals surface area contributed by atoms with E-state index in [1.54, 1.807) is 12.1 Å². The number of ether oxygens (including phenoxy) is 2. The molecule has 0 aromatic heterocycles. The summed E-state index contributed by atoms with van der Waals surface area (Å²) in [5, 5.41) is 10.6. The third-order valence-electron chi connectivity index (χ3n) is 5.65. The molecule has 0 aliphatic heterocycles. The zero-order chi connectivity index (χ0) is 31.0. The Morgan fingerprint density at radius 1 is 0.651 bits per heavy atom. The summed E-state index contributed by atoms with van der Waals surface area (Å²) in [5.74, 6) is 6.40. The van der Waals surface area contributed by atoms with Gasteiger partial charge >= 0.3 is 0 Å². The summed E-state index contributed by atoms with van der Waals surface area (Å²) in [7, 11) is 0. The van der Waals surface area contributed by atoms with E-state index in [9.17, 15) is 0 Å². The number of aryl methyl sites for hydroxylation is 1. The second kappa shape index (κ2) is 17.8. The molecule has 0 saturated carbocycles. The summed E-state index contributed by atoms with van der Waals surface area (Å²) in [5.41, 5.74) is 9.53. The van der Waals surface area contributed by atoms with Crippen molar-refractivity contribution in [3.63, 3.8) is 0 Å². The summed E-state index contributed by atoms with van der Waals surface area (Å²) >= 11 is 17.4. The minimum atomic E-state index is 0. The molecular weight excluding hydrogens is 611 g/mol. The number of anilines is 1. The van der Waals surface area contributed by atoms with Crippen LogP contribution in [0.3, 0.4) is 0 Å². The molecule has 5 rings (SSSR count). The van der Waals surface area contributed by atoms with Gasteiger partial charge in [-0.05, 0) is 66.1 Å². The molecule has 5 aromatic rings. The number of aromatic hydroxyl groups is 1. The van der Waals surface area contributed by atoms with Gasteiger partial charge in [-0.3, -0.25) is 0 Å². The van der Waals surface area contributed by atoms with Crippen LogP contribution in [-0.2, 0) is 18.2 Å². The van der Waals surface area contributed by atoms with E-state index in [4.69, 9.17) is 55.1 Å². The molecule has 0 atom stereocenters. The van der Waals surface area contributed by atoms with Gasteiger partial charge < -0.3 is 25.2 Å². The molecule has 0 aliphatic carbocycles. The van der Waals surface area contributed by atoms with E-state index >= 15 is 0 Å². The van der Waals surface area contributed by atoms with Gasteiger partial charge in [0.25, 0.3) is 0 Å². The van der Waals surface area contributed by atoms with Crippen molar-refractivity contribution in [3.05, 3.63) is 147 Å². The maximum atomic E-state index is 8.93. The summed E-state index contributed by atoms with van der Waals surface area (Å²) in [6, 6.07) is 35.2. The molecular formula is C33H33Cl3N2O5. The van der Waals surface area contributed by atoms with Crippen molar-refractivity contribution in [2.75, 3.05) is 5.73 Å². The first kappa shape index (κ1) is 33.4. The molecule has 0 amide bonds. The molecule has 5 N–H and O–H groups in total. The summed E-state index contributed by atoms with van der Waals surface area (Å²) < 4.78 is 11.3. The number of phenolic OH excluding ortho intramolecular Hbond substituents is 1. The lowest BCUT2D eigenvalue weighted by Crippen LogP contribution is -2.03. The Bertz CT molecular complexity index is 1470. The lowest BCUT2D eigenvalue weighted by Gasteiger charge is -2.07. The molecule has 0 aliphatic rings. The number of hydrogen-bond donors (Lipinski definition) is 3. The lowest BCUT2D eigenvalue weighted by molar-refractivity contribution is -0.211. The number of halogens is 3. The highest BCUT2D eigenvalue weighted by Crippen LogP contribution is 2.28. The fourth-order valence-electron chi connectivity index (χ4n) is 3.41. The van der Waals surface area contributed by atoms with Gasteiger partial charge in [-0.1, -0.05) is 100 Å². The molecule has 7 nitrogen and oxygen atoms in total. The van der Waals surface area contributed by atoms with Gasteiger partial charge in [-0.25, -0.2) is 0 Å². The average Bonchev–Trinajstić information content (AvgIpc) is 3.02. The van der Waals surface area contributed by atoms with E-state index in [2.05, 4.69) is 15.8 Å². The van der Waals surface area contributed by atoms with Crippen molar-refractivity contribution in [3.8, 4) is 23.0 Å². The molecule has 5 aromatic carbocycles. The predicted molar refractivity (Wildman–Crippen MR) is 175 cm³/mol. The Morgan fingerprint density at radius 2 is 1.16 bits per heavy atom. The standard InChI is InChI=1S/C14H13ClO.C13H12ClNO.C6H6ClNO3.H2/c1-11-9-13(7-8-14(11)15)16-10-12-5-3-2-4-6-12;14-12-7-6-11(8-13(12)15)16-9-10-4-2-1-3-5-10;7-5-2-1-4(9)3-6(5)10-11-8;/h2-9H,10H2,1H3;1-8H,9,15H2;1-3,9H,8H2;1H. The fourth-order valence-corrected chi connectivity index (χ4v) is 3.79. The maximum Gasteiger partial charge on any atom is 0.189 e. The molecule has 0 bridgehead atoms. The smallest absolute Gasteiger partial charge is 0.189 e. The second-order valence-corrected chi connectivity index (χ2v) is 10.2. The Balaban J connectivity index is 0.000000232. The zero-order valence-electron chi connectivity index (χ0n) is 23.3. The normalized spacial score (nSPS) is 9.98. The first-order valence-electron chi connectivity index (χ1n) is 12.9. The molecule has 0 heterocycles. The van der Waals surface area contributed by atoms with E-state index in [0.717, 1.165) is 33.2 Å². The molecule has 0 saturated heterocycles. The topological polar surface area (TPSA) is 109 Å². The monoisotopic (exact) mass is 642 g/mol. The van der Waals surface area contributed by atoms with Crippen LogP contribution < -0.4 is 26.0 Å². The van der Waals surface area contributed by atoms with Gasteiger partial charge in [-0.2, -0.15) is 5.90 Å². The van der Waals surface area contributed by atoms with Gasteiger partial charge in [0.15, 0.2) is 5.75 Å². The number of hydrogen-bond acceptors (Lipinski definition) is 7. The van der Waals surface area contributed by atoms with Crippen LogP contribution in [0.1, 0.15) is 18.1 Å². The van der Waals surface area contributed by atoms with Crippen molar-refractivity contribution < 1.29 is 25.9 Å². The van der Waals surface area contributed by atoms with Gasteiger partial charge in [0, 0.05) is 18.6 Å². The molecule has 0 radical (unpaired) electrons. The van der Waals surface area contributed by atoms with Crippen molar-refractivity contribution >= 4 is 40.5 Å². The van der Waals surface area contributed by atoms with Crippen LogP contribution in [0.15, 0.2) is 115 Å². The van der Waals surface area contributed by atoms with Crippen LogP contribution in [-0.4, -0.2) is 5.11 Å². The van der Waals surface area contributed by atoms with Gasteiger partial charge in [0.05, 0.1) is 15.7 Å². The van der Waals surface area contributed by atoms with Crippen LogP contribution in [0.5, 0.6) is 23.0 Å². The maximum absolute atomic E-state index is 8.93. The van der Waals surface area contributed by atoms with Crippen molar-refractivity contribution in [1.82, 2.24) is 0 Å². The van der Waals surface area contributed by atoms with Crippen LogP contribution >= 0.6 is 34.8 Å². The van der Waals surface area contributed by atoms with Gasteiger partial charge in [0.2, 0.25) is 0 Å². The van der Waals surface area contributed by atoms with Crippen molar-refractivity contribution in [2.45, 2.75) is 20.1 Å². The van der Waals surface area contributed by atoms with Crippen LogP contribution in [0.4, 0.5) is 5.69 Å². The van der Waals surface area contributed by atoms with E-state index in [-0.39, 0.29) is 12.9 Å². The average molecular weight is 644 g/mol. The highest BCUT2D eigenvalue weighted by Gasteiger charge is 2.03. The highest BCUT2D eigenvalue weighted by atomic mass is 35.5. The number of nitrogens with two attached hydrogens (primary N) is 2. The van der Waals surface area contributed by atoms with Crippen molar-refractivity contribution in [2.24, 2.45) is 5.90 Å². The Labute approximate surface area is 267 Å². The Hall–Kier alpha value is -4.11. The SMILES string of the molecule is Cc1cc(OCc2ccccc2)ccc1Cl.NOOc1cc(O)ccc1Cl.Nc1cc(OCc2ccccc2)ccc1Cl.[HH]. The molecule has 226 valence electrons. The van der Waals surface area contributed by atoms with E-state index in [0.29, 0.717) is 28.9 Å². The van der Waals surface area contributed by atoms with Crippen LogP contribution in [0.2, 0.25) is 15.1 Å². The van der Waals surface area contributed by atoms with Gasteiger partial charge in [-0.15, -0.1) is 0 Å². The molecule has 10 heteroatoms. The largest absolute Gasteiger partial charge is 0.508 e. The summed E-state index contributed by atoms with van der Waals surface area (Å²) in [4.78, 5) is 8.27. The van der Waals surface area contributed by atoms with Crippen LogP contribution in [0.25, 0.3) is 0 Å². The van der Waals surface area contributed by atoms with Crippen LogP contribution in [0, 0.1) is 6.92 Å². The predicted octanol–water partition coefficient (Wildman–Crippen LogP) is 9.20. The van der Waals surface area contributed by atoms with Gasteiger partial charge in [0.1, 0.15) is 30.5 Å². The molecule has 0 spiro atoms. The van der Waals surface area contributed by atoms with E-state index in [1.807, 2.05) is 91.9 Å². The molecule has 0 unspecified atom stereocenters. The number of rotatable bonds is 8. The number of nitrogen functional groups attached to an aromatic ring is 1. The van der Waals surface area contributed by atoms with Crippen molar-refractivity contribution in [1.29, 1.82) is 0 Å². The summed E-state index contributed by atoms with van der Waals surface area (Å²) in [6.45, 7) is 3.08. The summed E-state index contributed by atoms with van der Waals surface area (Å²) in [6.07, 6.45) is 0. The molecule has 0 fully saturated rings. The quantitative estimate of drug-likeness (QED) is 0.0878. The zero-order valence-corrected chi connectivity index (χ0v) is 25.5.